The van der Waals surface area contributed by atoms with Gasteiger partial charge in [-0.25, -0.2) is 4.98 Å². The Labute approximate surface area is 161 Å². The molecule has 0 bridgehead atoms. The maximum atomic E-state index is 5.04. The van der Waals surface area contributed by atoms with E-state index in [2.05, 4.69) is 70.6 Å². The fourth-order valence-electron chi connectivity index (χ4n) is 3.99. The highest BCUT2D eigenvalue weighted by Crippen LogP contribution is 2.33. The molecule has 3 heteroatoms. The summed E-state index contributed by atoms with van der Waals surface area (Å²) in [5, 5.41) is 5.67. The molecule has 0 spiro atoms. The van der Waals surface area contributed by atoms with E-state index in [1.165, 1.54) is 5.39 Å². The third kappa shape index (κ3) is 2.20. The largest absolute Gasteiger partial charge is 0.256 e. The van der Waals surface area contributed by atoms with Crippen LogP contribution in [-0.2, 0) is 0 Å². The normalized spacial score (nSPS) is 11.6. The highest BCUT2D eigenvalue weighted by Gasteiger charge is 2.11. The number of nitrogens with zero attached hydrogens (tertiary/aromatic N) is 3. The van der Waals surface area contributed by atoms with Crippen LogP contribution in [0, 0.1) is 0 Å². The van der Waals surface area contributed by atoms with Crippen molar-refractivity contribution in [2.75, 3.05) is 0 Å². The molecular weight excluding hydrogens is 342 g/mol. The number of hydrogen-bond donors (Lipinski definition) is 0. The van der Waals surface area contributed by atoms with Crippen LogP contribution < -0.4 is 0 Å². The number of rotatable bonds is 1. The quantitative estimate of drug-likeness (QED) is 0.331. The summed E-state index contributed by atoms with van der Waals surface area (Å²) >= 11 is 0. The lowest BCUT2D eigenvalue weighted by atomic mass is 9.99. The summed E-state index contributed by atoms with van der Waals surface area (Å²) in [5.41, 5.74) is 4.88. The van der Waals surface area contributed by atoms with Gasteiger partial charge in [0, 0.05) is 39.5 Å². The smallest absolute Gasteiger partial charge is 0.0972 e. The molecule has 28 heavy (non-hydrogen) atoms. The summed E-state index contributed by atoms with van der Waals surface area (Å²) in [6.07, 6.45) is 3.76. The van der Waals surface area contributed by atoms with Crippen molar-refractivity contribution >= 4 is 43.5 Å². The predicted octanol–water partition coefficient (Wildman–Crippen LogP) is 6.15. The van der Waals surface area contributed by atoms with E-state index in [1.807, 2.05) is 30.6 Å². The van der Waals surface area contributed by atoms with E-state index >= 15 is 0 Å². The first-order valence-electron chi connectivity index (χ1n) is 9.30. The van der Waals surface area contributed by atoms with Gasteiger partial charge in [0.15, 0.2) is 0 Å². The van der Waals surface area contributed by atoms with Crippen LogP contribution in [0.2, 0.25) is 0 Å². The van der Waals surface area contributed by atoms with Crippen LogP contribution in [0.25, 0.3) is 54.7 Å². The molecule has 0 radical (unpaired) electrons. The zero-order valence-electron chi connectivity index (χ0n) is 15.0. The van der Waals surface area contributed by atoms with Crippen LogP contribution in [0.3, 0.4) is 0 Å². The molecule has 3 heterocycles. The molecular formula is C25H15N3. The Morgan fingerprint density at radius 1 is 0.571 bits per heavy atom. The van der Waals surface area contributed by atoms with E-state index in [0.717, 1.165) is 49.4 Å². The van der Waals surface area contributed by atoms with Crippen LogP contribution >= 0.6 is 0 Å². The lowest BCUT2D eigenvalue weighted by molar-refractivity contribution is 1.37. The molecule has 0 aliphatic carbocycles. The van der Waals surface area contributed by atoms with Crippen molar-refractivity contribution in [1.29, 1.82) is 0 Å². The summed E-state index contributed by atoms with van der Waals surface area (Å²) in [5.74, 6) is 0. The first kappa shape index (κ1) is 15.2. The van der Waals surface area contributed by atoms with Gasteiger partial charge in [0.05, 0.1) is 22.2 Å². The van der Waals surface area contributed by atoms with E-state index in [0.29, 0.717) is 0 Å². The number of pyridine rings is 3. The zero-order valence-corrected chi connectivity index (χ0v) is 15.0. The lowest BCUT2D eigenvalue weighted by Crippen LogP contribution is -1.91. The minimum Gasteiger partial charge on any atom is -0.256 e. The minimum absolute atomic E-state index is 0.931. The van der Waals surface area contributed by atoms with E-state index in [9.17, 15) is 0 Å². The topological polar surface area (TPSA) is 38.7 Å². The number of hydrogen-bond acceptors (Lipinski definition) is 3. The fraction of sp³-hybridized carbons (Fsp3) is 0. The molecule has 6 rings (SSSR count). The molecule has 0 fully saturated rings. The van der Waals surface area contributed by atoms with Crippen molar-refractivity contribution in [1.82, 2.24) is 15.0 Å². The summed E-state index contributed by atoms with van der Waals surface area (Å²) in [4.78, 5) is 14.3. The average molecular weight is 357 g/mol. The SMILES string of the molecule is c1ccc2c(c1)cnc1cccc(-c3ccc4ccc5cccnc5c4n3)c12. The molecule has 0 saturated heterocycles. The average Bonchev–Trinajstić information content (AvgIpc) is 2.78. The molecule has 130 valence electrons. The Balaban J connectivity index is 1.73. The fourth-order valence-corrected chi connectivity index (χ4v) is 3.99. The number of aromatic nitrogens is 3. The van der Waals surface area contributed by atoms with Crippen LogP contribution in [-0.4, -0.2) is 15.0 Å². The van der Waals surface area contributed by atoms with Crippen LogP contribution in [0.4, 0.5) is 0 Å². The summed E-state index contributed by atoms with van der Waals surface area (Å²) in [6.45, 7) is 0. The van der Waals surface area contributed by atoms with Crippen molar-refractivity contribution < 1.29 is 0 Å². The summed E-state index contributed by atoms with van der Waals surface area (Å²) in [6, 6.07) is 27.1. The van der Waals surface area contributed by atoms with E-state index in [-0.39, 0.29) is 0 Å². The second kappa shape index (κ2) is 5.83. The van der Waals surface area contributed by atoms with Crippen LogP contribution in [0.1, 0.15) is 0 Å². The minimum atomic E-state index is 0.931. The lowest BCUT2D eigenvalue weighted by Gasteiger charge is -2.10. The van der Waals surface area contributed by atoms with Crippen LogP contribution in [0.15, 0.2) is 91.3 Å². The van der Waals surface area contributed by atoms with Crippen molar-refractivity contribution in [2.45, 2.75) is 0 Å². The highest BCUT2D eigenvalue weighted by molar-refractivity contribution is 6.13. The van der Waals surface area contributed by atoms with E-state index in [4.69, 9.17) is 4.98 Å². The molecule has 0 amide bonds. The molecule has 0 saturated carbocycles. The van der Waals surface area contributed by atoms with Crippen LogP contribution in [0.5, 0.6) is 0 Å². The Hall–Kier alpha value is -3.85. The molecule has 0 unspecified atom stereocenters. The van der Waals surface area contributed by atoms with Gasteiger partial charge in [0.25, 0.3) is 0 Å². The van der Waals surface area contributed by atoms with Gasteiger partial charge in [-0.05, 0) is 23.6 Å². The van der Waals surface area contributed by atoms with Crippen molar-refractivity contribution in [2.24, 2.45) is 0 Å². The first-order valence-corrected chi connectivity index (χ1v) is 9.30. The van der Waals surface area contributed by atoms with Gasteiger partial charge in [-0.15, -0.1) is 0 Å². The summed E-state index contributed by atoms with van der Waals surface area (Å²) < 4.78 is 0. The van der Waals surface area contributed by atoms with Crippen molar-refractivity contribution in [3.63, 3.8) is 0 Å². The Bertz CT molecular complexity index is 1520. The maximum absolute atomic E-state index is 5.04. The molecule has 3 nitrogen and oxygen atoms in total. The van der Waals surface area contributed by atoms with E-state index in [1.54, 1.807) is 0 Å². The molecule has 0 aliphatic rings. The molecule has 0 aliphatic heterocycles. The van der Waals surface area contributed by atoms with Gasteiger partial charge >= 0.3 is 0 Å². The Morgan fingerprint density at radius 2 is 1.39 bits per heavy atom. The second-order valence-electron chi connectivity index (χ2n) is 6.95. The van der Waals surface area contributed by atoms with E-state index < -0.39 is 0 Å². The van der Waals surface area contributed by atoms with Crippen molar-refractivity contribution in [3.8, 4) is 11.3 Å². The monoisotopic (exact) mass is 357 g/mol. The van der Waals surface area contributed by atoms with Gasteiger partial charge in [-0.1, -0.05) is 60.7 Å². The first-order chi connectivity index (χ1) is 13.9. The second-order valence-corrected chi connectivity index (χ2v) is 6.95. The third-order valence-electron chi connectivity index (χ3n) is 5.32. The molecule has 3 aromatic carbocycles. The zero-order chi connectivity index (χ0) is 18.5. The molecule has 6 aromatic rings. The molecule has 0 atom stereocenters. The van der Waals surface area contributed by atoms with Gasteiger partial charge in [-0.3, -0.25) is 9.97 Å². The summed E-state index contributed by atoms with van der Waals surface area (Å²) in [7, 11) is 0. The van der Waals surface area contributed by atoms with Gasteiger partial charge in [0.2, 0.25) is 0 Å². The van der Waals surface area contributed by atoms with Gasteiger partial charge in [-0.2, -0.15) is 0 Å². The highest BCUT2D eigenvalue weighted by atomic mass is 14.8. The van der Waals surface area contributed by atoms with Crippen molar-refractivity contribution in [3.05, 3.63) is 91.3 Å². The van der Waals surface area contributed by atoms with Gasteiger partial charge < -0.3 is 0 Å². The molecule has 3 aromatic heterocycles. The van der Waals surface area contributed by atoms with Gasteiger partial charge in [0.1, 0.15) is 0 Å². The third-order valence-corrected chi connectivity index (χ3v) is 5.32. The molecule has 0 N–H and O–H groups in total. The number of benzene rings is 3. The Morgan fingerprint density at radius 3 is 2.36 bits per heavy atom. The predicted molar refractivity (Wildman–Crippen MR) is 115 cm³/mol. The Kier molecular flexibility index (Phi) is 3.17. The standard InChI is InChI=1S/C25H15N3/c1-2-7-19-18(5-1)15-27-22-9-3-8-20(23(19)22)21-13-12-17-11-10-16-6-4-14-26-24(16)25(17)28-21/h1-15H. The maximum Gasteiger partial charge on any atom is 0.0972 e. The number of fused-ring (bicyclic) bond motifs is 6.